The summed E-state index contributed by atoms with van der Waals surface area (Å²) in [6.45, 7) is 3.16. The van der Waals surface area contributed by atoms with Crippen molar-refractivity contribution in [2.45, 2.75) is 69.4 Å². The van der Waals surface area contributed by atoms with Crippen LogP contribution in [-0.4, -0.2) is 18.8 Å². The molecule has 0 aromatic heterocycles. The summed E-state index contributed by atoms with van der Waals surface area (Å²) >= 11 is 0. The van der Waals surface area contributed by atoms with E-state index in [9.17, 15) is 0 Å². The molecule has 2 aliphatic heterocycles. The van der Waals surface area contributed by atoms with Crippen molar-refractivity contribution in [2.24, 2.45) is 0 Å². The van der Waals surface area contributed by atoms with Crippen LogP contribution in [0.3, 0.4) is 0 Å². The second kappa shape index (κ2) is 5.73. The highest BCUT2D eigenvalue weighted by Gasteiger charge is 2.39. The fourth-order valence-electron chi connectivity index (χ4n) is 4.76. The number of nitrogens with one attached hydrogen (secondary N) is 1. The zero-order valence-corrected chi connectivity index (χ0v) is 13.0. The van der Waals surface area contributed by atoms with Crippen LogP contribution in [0.4, 0.5) is 0 Å². The van der Waals surface area contributed by atoms with Gasteiger partial charge in [-0.3, -0.25) is 0 Å². The molecule has 1 aromatic carbocycles. The van der Waals surface area contributed by atoms with Crippen molar-refractivity contribution in [1.29, 1.82) is 0 Å². The zero-order valence-electron chi connectivity index (χ0n) is 13.0. The molecule has 114 valence electrons. The van der Waals surface area contributed by atoms with Crippen LogP contribution < -0.4 is 5.32 Å². The molecule has 1 unspecified atom stereocenters. The smallest absolute Gasteiger partial charge is 0.0688 e. The lowest BCUT2D eigenvalue weighted by Gasteiger charge is -2.44. The van der Waals surface area contributed by atoms with E-state index < -0.39 is 0 Å². The molecule has 21 heavy (non-hydrogen) atoms. The Morgan fingerprint density at radius 1 is 1.14 bits per heavy atom. The van der Waals surface area contributed by atoms with Gasteiger partial charge in [-0.25, -0.2) is 0 Å². The first kappa shape index (κ1) is 13.8. The average Bonchev–Trinajstić information content (AvgIpc) is 2.55. The van der Waals surface area contributed by atoms with E-state index in [4.69, 9.17) is 4.74 Å². The third-order valence-electron chi connectivity index (χ3n) is 5.88. The summed E-state index contributed by atoms with van der Waals surface area (Å²) in [6, 6.07) is 7.00. The highest BCUT2D eigenvalue weighted by Crippen LogP contribution is 2.45. The lowest BCUT2D eigenvalue weighted by Crippen LogP contribution is -2.41. The van der Waals surface area contributed by atoms with Crippen molar-refractivity contribution in [3.63, 3.8) is 0 Å². The third-order valence-corrected chi connectivity index (χ3v) is 5.88. The number of ether oxygens (including phenoxy) is 1. The Labute approximate surface area is 128 Å². The van der Waals surface area contributed by atoms with Crippen molar-refractivity contribution in [3.05, 3.63) is 34.9 Å². The largest absolute Gasteiger partial charge is 0.375 e. The quantitative estimate of drug-likeness (QED) is 0.844. The van der Waals surface area contributed by atoms with E-state index >= 15 is 0 Å². The van der Waals surface area contributed by atoms with Gasteiger partial charge in [0.15, 0.2) is 0 Å². The van der Waals surface area contributed by atoms with E-state index in [2.05, 4.69) is 23.5 Å². The molecule has 0 amide bonds. The van der Waals surface area contributed by atoms with Crippen LogP contribution in [0.5, 0.6) is 0 Å². The first-order valence-electron chi connectivity index (χ1n) is 8.82. The fraction of sp³-hybridized carbons (Fsp3) is 0.684. The molecule has 4 rings (SSSR count). The third kappa shape index (κ3) is 2.64. The highest BCUT2D eigenvalue weighted by atomic mass is 16.5. The van der Waals surface area contributed by atoms with Crippen LogP contribution >= 0.6 is 0 Å². The monoisotopic (exact) mass is 285 g/mol. The van der Waals surface area contributed by atoms with Gasteiger partial charge in [0, 0.05) is 13.2 Å². The van der Waals surface area contributed by atoms with Crippen LogP contribution in [0.15, 0.2) is 18.2 Å². The molecule has 1 N–H and O–H groups in total. The predicted molar refractivity (Wildman–Crippen MR) is 85.6 cm³/mol. The van der Waals surface area contributed by atoms with Gasteiger partial charge in [0.1, 0.15) is 0 Å². The molecule has 3 aliphatic rings. The van der Waals surface area contributed by atoms with Crippen LogP contribution in [0.1, 0.15) is 67.6 Å². The normalized spacial score (nSPS) is 28.3. The van der Waals surface area contributed by atoms with E-state index in [-0.39, 0.29) is 5.60 Å². The second-order valence-corrected chi connectivity index (χ2v) is 7.19. The maximum Gasteiger partial charge on any atom is 0.0688 e. The van der Waals surface area contributed by atoms with Crippen molar-refractivity contribution >= 4 is 0 Å². The number of hydrogen-bond donors (Lipinski definition) is 1. The van der Waals surface area contributed by atoms with E-state index in [1.54, 1.807) is 16.7 Å². The summed E-state index contributed by atoms with van der Waals surface area (Å²) in [5.74, 6) is 0.715. The van der Waals surface area contributed by atoms with Gasteiger partial charge < -0.3 is 10.1 Å². The maximum absolute atomic E-state index is 6.29. The topological polar surface area (TPSA) is 21.3 Å². The summed E-state index contributed by atoms with van der Waals surface area (Å²) in [5.41, 5.74) is 5.01. The number of rotatable bonds is 1. The zero-order chi connectivity index (χ0) is 14.1. The van der Waals surface area contributed by atoms with Crippen molar-refractivity contribution in [2.75, 3.05) is 13.2 Å². The SMILES string of the molecule is c1cc2c(c(C3CCOC4(CCCCC4)C3)c1)CNCC2. The average molecular weight is 285 g/mol. The predicted octanol–water partition coefficient (Wildman–Crippen LogP) is 3.93. The molecule has 0 bridgehead atoms. The lowest BCUT2D eigenvalue weighted by molar-refractivity contribution is -0.106. The number of fused-ring (bicyclic) bond motifs is 1. The molecular weight excluding hydrogens is 258 g/mol. The van der Waals surface area contributed by atoms with Crippen LogP contribution in [0.25, 0.3) is 0 Å². The Balaban J connectivity index is 1.61. The summed E-state index contributed by atoms with van der Waals surface area (Å²) in [7, 11) is 0. The maximum atomic E-state index is 6.29. The Hall–Kier alpha value is -0.860. The Bertz CT molecular complexity index is 499. The molecule has 2 fully saturated rings. The van der Waals surface area contributed by atoms with Crippen molar-refractivity contribution in [3.8, 4) is 0 Å². The lowest BCUT2D eigenvalue weighted by atomic mass is 9.73. The molecule has 1 aliphatic carbocycles. The van der Waals surface area contributed by atoms with Gasteiger partial charge in [-0.1, -0.05) is 37.5 Å². The molecule has 0 radical (unpaired) electrons. The summed E-state index contributed by atoms with van der Waals surface area (Å²) < 4.78 is 6.29. The van der Waals surface area contributed by atoms with E-state index in [1.165, 1.54) is 51.4 Å². The van der Waals surface area contributed by atoms with E-state index in [1.807, 2.05) is 0 Å². The molecule has 1 spiro atoms. The van der Waals surface area contributed by atoms with Gasteiger partial charge >= 0.3 is 0 Å². The number of benzene rings is 1. The minimum atomic E-state index is 0.214. The van der Waals surface area contributed by atoms with E-state index in [0.29, 0.717) is 5.92 Å². The van der Waals surface area contributed by atoms with Gasteiger partial charge in [-0.2, -0.15) is 0 Å². The first-order valence-corrected chi connectivity index (χ1v) is 8.82. The molecule has 1 saturated carbocycles. The first-order chi connectivity index (χ1) is 10.4. The standard InChI is InChI=1S/C19H27NO/c1-2-9-19(10-3-1)13-16(8-12-21-19)17-6-4-5-15-7-11-20-14-18(15)17/h4-6,16,20H,1-3,7-14H2. The van der Waals surface area contributed by atoms with Gasteiger partial charge in [-0.15, -0.1) is 0 Å². The molecule has 1 aromatic rings. The molecule has 2 nitrogen and oxygen atoms in total. The summed E-state index contributed by atoms with van der Waals surface area (Å²) in [6.07, 6.45) is 10.4. The van der Waals surface area contributed by atoms with Crippen molar-refractivity contribution in [1.82, 2.24) is 5.32 Å². The van der Waals surface area contributed by atoms with E-state index in [0.717, 1.165) is 19.7 Å². The molecule has 2 heteroatoms. The molecule has 2 heterocycles. The van der Waals surface area contributed by atoms with Crippen molar-refractivity contribution < 1.29 is 4.74 Å². The van der Waals surface area contributed by atoms with Crippen LogP contribution in [0.2, 0.25) is 0 Å². The second-order valence-electron chi connectivity index (χ2n) is 7.19. The van der Waals surface area contributed by atoms with Gasteiger partial charge in [0.2, 0.25) is 0 Å². The minimum absolute atomic E-state index is 0.214. The van der Waals surface area contributed by atoms with Crippen LogP contribution in [0, 0.1) is 0 Å². The van der Waals surface area contributed by atoms with Gasteiger partial charge in [0.05, 0.1) is 5.60 Å². The molecule has 1 atom stereocenters. The molecule has 1 saturated heterocycles. The fourth-order valence-corrected chi connectivity index (χ4v) is 4.76. The minimum Gasteiger partial charge on any atom is -0.375 e. The Morgan fingerprint density at radius 2 is 2.05 bits per heavy atom. The Morgan fingerprint density at radius 3 is 2.95 bits per heavy atom. The van der Waals surface area contributed by atoms with Gasteiger partial charge in [0.25, 0.3) is 0 Å². The van der Waals surface area contributed by atoms with Gasteiger partial charge in [-0.05, 0) is 61.3 Å². The summed E-state index contributed by atoms with van der Waals surface area (Å²) in [4.78, 5) is 0. The molecular formula is C19H27NO. The number of hydrogen-bond acceptors (Lipinski definition) is 2. The Kier molecular flexibility index (Phi) is 3.76. The van der Waals surface area contributed by atoms with Crippen LogP contribution in [-0.2, 0) is 17.7 Å². The highest BCUT2D eigenvalue weighted by molar-refractivity contribution is 5.39. The summed E-state index contributed by atoms with van der Waals surface area (Å²) in [5, 5.41) is 3.56.